The highest BCUT2D eigenvalue weighted by atomic mass is 32.1. The fraction of sp³-hybridized carbons (Fsp3) is 0.316. The Hall–Kier alpha value is -2.60. The molecule has 1 aromatic carbocycles. The van der Waals surface area contributed by atoms with Crippen LogP contribution in [-0.2, 0) is 4.74 Å². The molecule has 2 saturated heterocycles. The average Bonchev–Trinajstić information content (AvgIpc) is 3.27. The van der Waals surface area contributed by atoms with Crippen molar-refractivity contribution in [1.82, 2.24) is 14.6 Å². The first-order valence-corrected chi connectivity index (χ1v) is 9.15. The number of anilines is 1. The Morgan fingerprint density at radius 1 is 1.12 bits per heavy atom. The van der Waals surface area contributed by atoms with Crippen LogP contribution in [0.1, 0.15) is 12.8 Å². The summed E-state index contributed by atoms with van der Waals surface area (Å²) in [7, 11) is 0. The van der Waals surface area contributed by atoms with Crippen LogP contribution in [0, 0.1) is 0 Å². The molecule has 0 unspecified atom stereocenters. The van der Waals surface area contributed by atoms with E-state index in [9.17, 15) is 0 Å². The number of isothiocyanates is 1. The highest BCUT2D eigenvalue weighted by molar-refractivity contribution is 7.78. The Morgan fingerprint density at radius 2 is 1.88 bits per heavy atom. The van der Waals surface area contributed by atoms with Crippen molar-refractivity contribution in [2.75, 3.05) is 18.0 Å². The molecule has 2 aliphatic rings. The van der Waals surface area contributed by atoms with Crippen molar-refractivity contribution >= 4 is 34.4 Å². The minimum Gasteiger partial charge on any atom is -0.371 e. The van der Waals surface area contributed by atoms with Crippen LogP contribution in [0.25, 0.3) is 16.9 Å². The van der Waals surface area contributed by atoms with Crippen molar-refractivity contribution in [3.8, 4) is 11.4 Å². The third-order valence-electron chi connectivity index (χ3n) is 5.01. The van der Waals surface area contributed by atoms with Crippen molar-refractivity contribution in [3.05, 3.63) is 42.6 Å². The van der Waals surface area contributed by atoms with E-state index in [4.69, 9.17) is 9.72 Å². The molecular weight excluding hydrogens is 346 g/mol. The zero-order chi connectivity index (χ0) is 17.5. The first kappa shape index (κ1) is 15.6. The van der Waals surface area contributed by atoms with Gasteiger partial charge in [-0.25, -0.2) is 9.50 Å². The van der Waals surface area contributed by atoms with Crippen molar-refractivity contribution in [3.63, 3.8) is 0 Å². The van der Waals surface area contributed by atoms with Gasteiger partial charge in [0.15, 0.2) is 11.6 Å². The lowest BCUT2D eigenvalue weighted by atomic mass is 10.2. The number of ether oxygens (including phenoxy) is 1. The topological polar surface area (TPSA) is 55.0 Å². The van der Waals surface area contributed by atoms with E-state index >= 15 is 0 Å². The zero-order valence-corrected chi connectivity index (χ0v) is 14.9. The zero-order valence-electron chi connectivity index (χ0n) is 14.1. The number of aliphatic imine (C=N–C) groups is 1. The third-order valence-corrected chi connectivity index (χ3v) is 5.11. The van der Waals surface area contributed by atoms with E-state index in [0.29, 0.717) is 18.0 Å². The molecule has 2 aromatic heterocycles. The Labute approximate surface area is 156 Å². The Bertz CT molecular complexity index is 996. The van der Waals surface area contributed by atoms with Crippen LogP contribution >= 0.6 is 12.2 Å². The summed E-state index contributed by atoms with van der Waals surface area (Å²) in [6.45, 7) is 1.77. The molecule has 7 heteroatoms. The maximum atomic E-state index is 5.98. The SMILES string of the molecule is S=C=Nc1ccc(-c2nc(N3C[C@H]4CC[C@@H](C3)O4)c3cccn3n2)cc1. The molecule has 0 N–H and O–H groups in total. The molecule has 0 saturated carbocycles. The van der Waals surface area contributed by atoms with Crippen LogP contribution in [0.4, 0.5) is 11.5 Å². The van der Waals surface area contributed by atoms with Crippen molar-refractivity contribution in [1.29, 1.82) is 0 Å². The molecule has 2 atom stereocenters. The van der Waals surface area contributed by atoms with E-state index < -0.39 is 0 Å². The van der Waals surface area contributed by atoms with Gasteiger partial charge in [0.25, 0.3) is 0 Å². The quantitative estimate of drug-likeness (QED) is 0.527. The van der Waals surface area contributed by atoms with Crippen LogP contribution < -0.4 is 4.90 Å². The molecule has 0 spiro atoms. The van der Waals surface area contributed by atoms with Gasteiger partial charge in [0.05, 0.1) is 23.1 Å². The second-order valence-electron chi connectivity index (χ2n) is 6.71. The van der Waals surface area contributed by atoms with Gasteiger partial charge >= 0.3 is 0 Å². The number of hydrogen-bond acceptors (Lipinski definition) is 6. The number of fused-ring (bicyclic) bond motifs is 3. The molecule has 4 heterocycles. The molecular formula is C19H17N5OS. The summed E-state index contributed by atoms with van der Waals surface area (Å²) >= 11 is 4.66. The van der Waals surface area contributed by atoms with E-state index in [1.54, 1.807) is 0 Å². The molecule has 3 aromatic rings. The summed E-state index contributed by atoms with van der Waals surface area (Å²) in [4.78, 5) is 11.2. The largest absolute Gasteiger partial charge is 0.371 e. The van der Waals surface area contributed by atoms with Gasteiger partial charge in [-0.1, -0.05) is 0 Å². The van der Waals surface area contributed by atoms with Crippen molar-refractivity contribution in [2.24, 2.45) is 4.99 Å². The average molecular weight is 363 g/mol. The molecule has 26 heavy (non-hydrogen) atoms. The van der Waals surface area contributed by atoms with Crippen LogP contribution in [0.5, 0.6) is 0 Å². The summed E-state index contributed by atoms with van der Waals surface area (Å²) in [6.07, 6.45) is 4.86. The summed E-state index contributed by atoms with van der Waals surface area (Å²) in [5.41, 5.74) is 2.74. The van der Waals surface area contributed by atoms with Gasteiger partial charge in [-0.3, -0.25) is 0 Å². The predicted molar refractivity (Wildman–Crippen MR) is 103 cm³/mol. The lowest BCUT2D eigenvalue weighted by Gasteiger charge is -2.33. The molecule has 0 radical (unpaired) electrons. The van der Waals surface area contributed by atoms with Crippen LogP contribution in [0.3, 0.4) is 0 Å². The van der Waals surface area contributed by atoms with E-state index in [1.165, 1.54) is 0 Å². The maximum absolute atomic E-state index is 5.98. The van der Waals surface area contributed by atoms with Crippen LogP contribution in [0.2, 0.25) is 0 Å². The number of hydrogen-bond donors (Lipinski definition) is 0. The monoisotopic (exact) mass is 363 g/mol. The highest BCUT2D eigenvalue weighted by Crippen LogP contribution is 2.32. The lowest BCUT2D eigenvalue weighted by molar-refractivity contribution is 0.0303. The van der Waals surface area contributed by atoms with Gasteiger partial charge in [-0.15, -0.1) is 5.10 Å². The fourth-order valence-electron chi connectivity index (χ4n) is 3.80. The normalized spacial score (nSPS) is 21.8. The Morgan fingerprint density at radius 3 is 2.62 bits per heavy atom. The maximum Gasteiger partial charge on any atom is 0.182 e. The second-order valence-corrected chi connectivity index (χ2v) is 6.89. The van der Waals surface area contributed by atoms with Crippen molar-refractivity contribution in [2.45, 2.75) is 25.0 Å². The molecule has 130 valence electrons. The molecule has 5 rings (SSSR count). The molecule has 2 aliphatic heterocycles. The minimum absolute atomic E-state index is 0.314. The fourth-order valence-corrected chi connectivity index (χ4v) is 3.90. The van der Waals surface area contributed by atoms with Crippen LogP contribution in [0.15, 0.2) is 47.6 Å². The molecule has 6 nitrogen and oxygen atoms in total. The van der Waals surface area contributed by atoms with Crippen LogP contribution in [-0.4, -0.2) is 45.1 Å². The number of morpholine rings is 1. The molecule has 2 bridgehead atoms. The van der Waals surface area contributed by atoms with E-state index in [0.717, 1.165) is 48.5 Å². The highest BCUT2D eigenvalue weighted by Gasteiger charge is 2.35. The van der Waals surface area contributed by atoms with Gasteiger partial charge in [-0.05, 0) is 61.5 Å². The van der Waals surface area contributed by atoms with Gasteiger partial charge < -0.3 is 9.64 Å². The number of aromatic nitrogens is 3. The van der Waals surface area contributed by atoms with Gasteiger partial charge in [0.2, 0.25) is 0 Å². The number of nitrogens with zero attached hydrogens (tertiary/aromatic N) is 5. The van der Waals surface area contributed by atoms with Gasteiger partial charge in [0.1, 0.15) is 5.52 Å². The molecule has 0 aliphatic carbocycles. The number of benzene rings is 1. The van der Waals surface area contributed by atoms with E-state index in [-0.39, 0.29) is 0 Å². The predicted octanol–water partition coefficient (Wildman–Crippen LogP) is 3.50. The Kier molecular flexibility index (Phi) is 3.78. The summed E-state index contributed by atoms with van der Waals surface area (Å²) in [6, 6.07) is 11.8. The summed E-state index contributed by atoms with van der Waals surface area (Å²) < 4.78 is 7.88. The third kappa shape index (κ3) is 2.70. The minimum atomic E-state index is 0.314. The van der Waals surface area contributed by atoms with Crippen molar-refractivity contribution < 1.29 is 4.74 Å². The second kappa shape index (κ2) is 6.29. The Balaban J connectivity index is 1.58. The summed E-state index contributed by atoms with van der Waals surface area (Å²) in [5, 5.41) is 7.06. The summed E-state index contributed by atoms with van der Waals surface area (Å²) in [5.74, 6) is 1.67. The number of thiocarbonyl (C=S) groups is 1. The molecule has 0 amide bonds. The lowest BCUT2D eigenvalue weighted by Crippen LogP contribution is -2.43. The van der Waals surface area contributed by atoms with E-state index in [1.807, 2.05) is 41.0 Å². The smallest absolute Gasteiger partial charge is 0.182 e. The number of rotatable bonds is 3. The van der Waals surface area contributed by atoms with Gasteiger partial charge in [0, 0.05) is 24.8 Å². The van der Waals surface area contributed by atoms with E-state index in [2.05, 4.69) is 38.4 Å². The van der Waals surface area contributed by atoms with Gasteiger partial charge in [-0.2, -0.15) is 4.99 Å². The standard InChI is InChI=1S/C19H17N5OS/c26-12-20-14-5-3-13(4-6-14)18-21-19(17-2-1-9-24(17)22-18)23-10-15-7-8-16(11-23)25-15/h1-6,9,15-16H,7-8,10-11H2/t15-,16+. The first-order chi connectivity index (χ1) is 12.8. The first-order valence-electron chi connectivity index (χ1n) is 8.74. The molecule has 2 fully saturated rings.